The lowest BCUT2D eigenvalue weighted by Crippen LogP contribution is -2.12. The SMILES string of the molecule is Cc1ccc(C(=O)Nc2cccc3nsnc23)cc1F. The highest BCUT2D eigenvalue weighted by Crippen LogP contribution is 2.22. The molecule has 0 spiro atoms. The fourth-order valence-corrected chi connectivity index (χ4v) is 2.39. The van der Waals surface area contributed by atoms with Crippen LogP contribution < -0.4 is 5.32 Å². The molecule has 0 aliphatic heterocycles. The summed E-state index contributed by atoms with van der Waals surface area (Å²) >= 11 is 1.08. The van der Waals surface area contributed by atoms with Crippen LogP contribution in [0.3, 0.4) is 0 Å². The van der Waals surface area contributed by atoms with Gasteiger partial charge in [0.15, 0.2) is 0 Å². The fourth-order valence-electron chi connectivity index (χ4n) is 1.84. The molecule has 2 aromatic carbocycles. The van der Waals surface area contributed by atoms with Gasteiger partial charge in [0.05, 0.1) is 17.4 Å². The number of benzene rings is 2. The molecule has 0 saturated carbocycles. The van der Waals surface area contributed by atoms with Crippen molar-refractivity contribution in [3.63, 3.8) is 0 Å². The van der Waals surface area contributed by atoms with Crippen LogP contribution in [0.5, 0.6) is 0 Å². The lowest BCUT2D eigenvalue weighted by Gasteiger charge is -2.06. The van der Waals surface area contributed by atoms with Crippen molar-refractivity contribution in [1.82, 2.24) is 8.75 Å². The second kappa shape index (κ2) is 4.97. The van der Waals surface area contributed by atoms with Gasteiger partial charge in [-0.1, -0.05) is 12.1 Å². The highest BCUT2D eigenvalue weighted by atomic mass is 32.1. The second-order valence-corrected chi connectivity index (χ2v) is 4.88. The Morgan fingerprint density at radius 3 is 2.90 bits per heavy atom. The first kappa shape index (κ1) is 12.7. The van der Waals surface area contributed by atoms with E-state index in [0.29, 0.717) is 16.8 Å². The lowest BCUT2D eigenvalue weighted by atomic mass is 10.1. The topological polar surface area (TPSA) is 54.9 Å². The number of carbonyl (C=O) groups excluding carboxylic acids is 1. The van der Waals surface area contributed by atoms with Crippen molar-refractivity contribution in [1.29, 1.82) is 0 Å². The van der Waals surface area contributed by atoms with Gasteiger partial charge in [-0.25, -0.2) is 4.39 Å². The zero-order chi connectivity index (χ0) is 14.1. The van der Waals surface area contributed by atoms with Crippen molar-refractivity contribution >= 4 is 34.4 Å². The molecule has 0 aliphatic rings. The summed E-state index contributed by atoms with van der Waals surface area (Å²) in [5, 5.41) is 2.73. The van der Waals surface area contributed by atoms with Gasteiger partial charge in [-0.05, 0) is 36.8 Å². The van der Waals surface area contributed by atoms with Crippen LogP contribution in [0.15, 0.2) is 36.4 Å². The summed E-state index contributed by atoms with van der Waals surface area (Å²) in [6.45, 7) is 1.65. The Bertz CT molecular complexity index is 800. The third-order valence-corrected chi connectivity index (χ3v) is 3.51. The van der Waals surface area contributed by atoms with E-state index in [4.69, 9.17) is 0 Å². The molecular weight excluding hydrogens is 277 g/mol. The number of hydrogen-bond donors (Lipinski definition) is 1. The molecule has 1 heterocycles. The third kappa shape index (κ3) is 2.25. The molecule has 3 rings (SSSR count). The molecule has 0 radical (unpaired) electrons. The molecule has 1 amide bonds. The van der Waals surface area contributed by atoms with Crippen LogP contribution in [0.4, 0.5) is 10.1 Å². The van der Waals surface area contributed by atoms with Crippen molar-refractivity contribution in [2.24, 2.45) is 0 Å². The molecule has 0 aliphatic carbocycles. The Labute approximate surface area is 118 Å². The highest BCUT2D eigenvalue weighted by Gasteiger charge is 2.11. The zero-order valence-corrected chi connectivity index (χ0v) is 11.4. The minimum absolute atomic E-state index is 0.272. The van der Waals surface area contributed by atoms with Gasteiger partial charge in [0, 0.05) is 5.56 Å². The second-order valence-electron chi connectivity index (χ2n) is 4.36. The van der Waals surface area contributed by atoms with Crippen LogP contribution in [-0.4, -0.2) is 14.7 Å². The van der Waals surface area contributed by atoms with Crippen LogP contribution in [-0.2, 0) is 0 Å². The molecule has 3 aromatic rings. The molecule has 0 bridgehead atoms. The maximum Gasteiger partial charge on any atom is 0.255 e. The number of nitrogens with one attached hydrogen (secondary N) is 1. The molecule has 100 valence electrons. The molecule has 0 fully saturated rings. The number of fused-ring (bicyclic) bond motifs is 1. The van der Waals surface area contributed by atoms with Gasteiger partial charge in [0.25, 0.3) is 5.91 Å². The summed E-state index contributed by atoms with van der Waals surface area (Å²) in [4.78, 5) is 12.1. The number of aromatic nitrogens is 2. The van der Waals surface area contributed by atoms with E-state index in [2.05, 4.69) is 14.1 Å². The normalized spacial score (nSPS) is 10.7. The number of carbonyl (C=O) groups is 1. The number of nitrogens with zero attached hydrogens (tertiary/aromatic N) is 2. The van der Waals surface area contributed by atoms with Crippen molar-refractivity contribution in [3.05, 3.63) is 53.3 Å². The van der Waals surface area contributed by atoms with Crippen LogP contribution >= 0.6 is 11.7 Å². The number of hydrogen-bond acceptors (Lipinski definition) is 4. The number of halogens is 1. The molecule has 1 aromatic heterocycles. The minimum Gasteiger partial charge on any atom is -0.320 e. The maximum atomic E-state index is 13.5. The molecule has 0 unspecified atom stereocenters. The van der Waals surface area contributed by atoms with Crippen LogP contribution in [0.1, 0.15) is 15.9 Å². The van der Waals surface area contributed by atoms with E-state index in [9.17, 15) is 9.18 Å². The predicted molar refractivity (Wildman–Crippen MR) is 76.5 cm³/mol. The summed E-state index contributed by atoms with van der Waals surface area (Å²) < 4.78 is 21.7. The average molecular weight is 287 g/mol. The Kier molecular flexibility index (Phi) is 3.15. The molecule has 0 saturated heterocycles. The van der Waals surface area contributed by atoms with E-state index < -0.39 is 5.82 Å². The molecule has 0 atom stereocenters. The third-order valence-electron chi connectivity index (χ3n) is 2.97. The lowest BCUT2D eigenvalue weighted by molar-refractivity contribution is 0.102. The quantitative estimate of drug-likeness (QED) is 0.786. The average Bonchev–Trinajstić information content (AvgIpc) is 2.91. The number of rotatable bonds is 2. The molecule has 20 heavy (non-hydrogen) atoms. The Morgan fingerprint density at radius 2 is 2.10 bits per heavy atom. The van der Waals surface area contributed by atoms with Crippen LogP contribution in [0, 0.1) is 12.7 Å². The monoisotopic (exact) mass is 287 g/mol. The van der Waals surface area contributed by atoms with Crippen molar-refractivity contribution < 1.29 is 9.18 Å². The Balaban J connectivity index is 1.92. The van der Waals surface area contributed by atoms with Gasteiger partial charge in [-0.2, -0.15) is 8.75 Å². The molecule has 1 N–H and O–H groups in total. The van der Waals surface area contributed by atoms with Gasteiger partial charge < -0.3 is 5.32 Å². The smallest absolute Gasteiger partial charge is 0.255 e. The van der Waals surface area contributed by atoms with Crippen LogP contribution in [0.2, 0.25) is 0 Å². The summed E-state index contributed by atoms with van der Waals surface area (Å²) in [6, 6.07) is 9.74. The summed E-state index contributed by atoms with van der Waals surface area (Å²) in [6.07, 6.45) is 0. The van der Waals surface area contributed by atoms with Crippen LogP contribution in [0.25, 0.3) is 11.0 Å². The standard InChI is InChI=1S/C14H10FN3OS/c1-8-5-6-9(7-10(8)15)14(19)16-11-3-2-4-12-13(11)18-20-17-12/h2-7H,1H3,(H,16,19). The number of anilines is 1. The van der Waals surface area contributed by atoms with E-state index in [1.165, 1.54) is 6.07 Å². The van der Waals surface area contributed by atoms with E-state index in [1.807, 2.05) is 6.07 Å². The minimum atomic E-state index is -0.397. The maximum absolute atomic E-state index is 13.5. The zero-order valence-electron chi connectivity index (χ0n) is 10.6. The predicted octanol–water partition coefficient (Wildman–Crippen LogP) is 3.39. The molecule has 6 heteroatoms. The van der Waals surface area contributed by atoms with Crippen molar-refractivity contribution in [2.45, 2.75) is 6.92 Å². The Hall–Kier alpha value is -2.34. The highest BCUT2D eigenvalue weighted by molar-refractivity contribution is 7.00. The largest absolute Gasteiger partial charge is 0.320 e. The molecular formula is C14H10FN3OS. The first-order valence-electron chi connectivity index (χ1n) is 5.94. The van der Waals surface area contributed by atoms with Crippen molar-refractivity contribution in [2.75, 3.05) is 5.32 Å². The first-order valence-corrected chi connectivity index (χ1v) is 6.67. The summed E-state index contributed by atoms with van der Waals surface area (Å²) in [5.41, 5.74) is 2.71. The van der Waals surface area contributed by atoms with E-state index in [1.54, 1.807) is 31.2 Å². The van der Waals surface area contributed by atoms with Gasteiger partial charge >= 0.3 is 0 Å². The number of amides is 1. The summed E-state index contributed by atoms with van der Waals surface area (Å²) in [5.74, 6) is -0.768. The fraction of sp³-hybridized carbons (Fsp3) is 0.0714. The van der Waals surface area contributed by atoms with Crippen molar-refractivity contribution in [3.8, 4) is 0 Å². The molecule has 4 nitrogen and oxygen atoms in total. The Morgan fingerprint density at radius 1 is 1.25 bits per heavy atom. The van der Waals surface area contributed by atoms with Gasteiger partial charge in [-0.3, -0.25) is 4.79 Å². The van der Waals surface area contributed by atoms with E-state index in [0.717, 1.165) is 17.2 Å². The van der Waals surface area contributed by atoms with Gasteiger partial charge in [0.1, 0.15) is 16.9 Å². The first-order chi connectivity index (χ1) is 9.65. The van der Waals surface area contributed by atoms with Gasteiger partial charge in [-0.15, -0.1) is 0 Å². The number of aryl methyl sites for hydroxylation is 1. The van der Waals surface area contributed by atoms with Gasteiger partial charge in [0.2, 0.25) is 0 Å². The van der Waals surface area contributed by atoms with E-state index in [-0.39, 0.29) is 11.5 Å². The summed E-state index contributed by atoms with van der Waals surface area (Å²) in [7, 11) is 0. The van der Waals surface area contributed by atoms with E-state index >= 15 is 0 Å².